The van der Waals surface area contributed by atoms with Crippen LogP contribution in [0.2, 0.25) is 0 Å². The van der Waals surface area contributed by atoms with Crippen molar-refractivity contribution in [2.75, 3.05) is 18.4 Å². The van der Waals surface area contributed by atoms with E-state index in [0.29, 0.717) is 37.6 Å². The Hall–Kier alpha value is -3.19. The van der Waals surface area contributed by atoms with Crippen molar-refractivity contribution in [2.45, 2.75) is 19.4 Å². The van der Waals surface area contributed by atoms with E-state index in [4.69, 9.17) is 0 Å². The van der Waals surface area contributed by atoms with Crippen molar-refractivity contribution in [3.8, 4) is 10.4 Å². The standard InChI is InChI=1S/C23H24N4O2S/c28-21(24-15-17-7-3-1-4-8-17)19-11-13-27(14-12-19)23(29)26-22-25-16-20(30-22)18-9-5-2-6-10-18/h1-10,16,19H,11-15H2,(H,24,28)(H,25,26,29). The van der Waals surface area contributed by atoms with Gasteiger partial charge in [-0.2, -0.15) is 0 Å². The van der Waals surface area contributed by atoms with Crippen LogP contribution in [0.25, 0.3) is 10.4 Å². The van der Waals surface area contributed by atoms with Crippen LogP contribution in [0, 0.1) is 5.92 Å². The van der Waals surface area contributed by atoms with Crippen molar-refractivity contribution >= 4 is 28.4 Å². The minimum absolute atomic E-state index is 0.0534. The van der Waals surface area contributed by atoms with Crippen LogP contribution in [0.3, 0.4) is 0 Å². The second kappa shape index (κ2) is 9.54. The zero-order chi connectivity index (χ0) is 20.8. The lowest BCUT2D eigenvalue weighted by Gasteiger charge is -2.31. The Morgan fingerprint density at radius 1 is 1.00 bits per heavy atom. The summed E-state index contributed by atoms with van der Waals surface area (Å²) in [5.41, 5.74) is 2.17. The number of amides is 3. The molecule has 2 heterocycles. The van der Waals surface area contributed by atoms with E-state index in [1.165, 1.54) is 11.3 Å². The monoisotopic (exact) mass is 420 g/mol. The summed E-state index contributed by atoms with van der Waals surface area (Å²) in [5.74, 6) is 0.00801. The van der Waals surface area contributed by atoms with Crippen molar-refractivity contribution in [3.63, 3.8) is 0 Å². The van der Waals surface area contributed by atoms with E-state index in [1.54, 1.807) is 11.1 Å². The molecule has 0 radical (unpaired) electrons. The van der Waals surface area contributed by atoms with Gasteiger partial charge in [0.2, 0.25) is 5.91 Å². The lowest BCUT2D eigenvalue weighted by atomic mass is 9.96. The summed E-state index contributed by atoms with van der Waals surface area (Å²) in [6.45, 7) is 1.66. The van der Waals surface area contributed by atoms with Crippen LogP contribution in [0.4, 0.5) is 9.93 Å². The van der Waals surface area contributed by atoms with Crippen molar-refractivity contribution in [3.05, 3.63) is 72.4 Å². The number of carbonyl (C=O) groups is 2. The Bertz CT molecular complexity index is 983. The minimum atomic E-state index is -0.160. The zero-order valence-corrected chi connectivity index (χ0v) is 17.4. The summed E-state index contributed by atoms with van der Waals surface area (Å²) < 4.78 is 0. The first-order valence-electron chi connectivity index (χ1n) is 10.1. The first kappa shape index (κ1) is 20.1. The number of hydrogen-bond donors (Lipinski definition) is 2. The summed E-state index contributed by atoms with van der Waals surface area (Å²) in [4.78, 5) is 32.1. The second-order valence-corrected chi connectivity index (χ2v) is 8.32. The highest BCUT2D eigenvalue weighted by Crippen LogP contribution is 2.29. The van der Waals surface area contributed by atoms with Crippen LogP contribution >= 0.6 is 11.3 Å². The number of likely N-dealkylation sites (tertiary alicyclic amines) is 1. The number of anilines is 1. The fourth-order valence-electron chi connectivity index (χ4n) is 3.51. The number of piperidine rings is 1. The van der Waals surface area contributed by atoms with Crippen molar-refractivity contribution < 1.29 is 9.59 Å². The number of nitrogens with zero attached hydrogens (tertiary/aromatic N) is 2. The third-order valence-corrected chi connectivity index (χ3v) is 6.20. The third-order valence-electron chi connectivity index (χ3n) is 5.24. The van der Waals surface area contributed by atoms with E-state index in [2.05, 4.69) is 15.6 Å². The molecule has 1 fully saturated rings. The summed E-state index contributed by atoms with van der Waals surface area (Å²) in [7, 11) is 0. The van der Waals surface area contributed by atoms with Crippen LogP contribution in [-0.4, -0.2) is 34.9 Å². The maximum atomic E-state index is 12.6. The molecule has 1 aliphatic rings. The Morgan fingerprint density at radius 3 is 2.37 bits per heavy atom. The molecule has 30 heavy (non-hydrogen) atoms. The molecule has 154 valence electrons. The highest BCUT2D eigenvalue weighted by molar-refractivity contribution is 7.19. The number of thiazole rings is 1. The lowest BCUT2D eigenvalue weighted by molar-refractivity contribution is -0.126. The molecular weight excluding hydrogens is 396 g/mol. The van der Waals surface area contributed by atoms with Crippen molar-refractivity contribution in [1.29, 1.82) is 0 Å². The first-order valence-corrected chi connectivity index (χ1v) is 10.9. The van der Waals surface area contributed by atoms with E-state index < -0.39 is 0 Å². The molecule has 6 nitrogen and oxygen atoms in total. The number of nitrogens with one attached hydrogen (secondary N) is 2. The molecular formula is C23H24N4O2S. The van der Waals surface area contributed by atoms with Crippen molar-refractivity contribution in [2.24, 2.45) is 5.92 Å². The fraction of sp³-hybridized carbons (Fsp3) is 0.261. The van der Waals surface area contributed by atoms with Gasteiger partial charge in [0.05, 0.1) is 4.88 Å². The molecule has 3 amide bonds. The molecule has 0 spiro atoms. The molecule has 0 unspecified atom stereocenters. The van der Waals surface area contributed by atoms with Crippen LogP contribution in [0.15, 0.2) is 66.9 Å². The van der Waals surface area contributed by atoms with Gasteiger partial charge >= 0.3 is 6.03 Å². The van der Waals surface area contributed by atoms with Gasteiger partial charge in [-0.05, 0) is 24.0 Å². The van der Waals surface area contributed by atoms with Gasteiger partial charge in [-0.15, -0.1) is 0 Å². The molecule has 7 heteroatoms. The summed E-state index contributed by atoms with van der Waals surface area (Å²) >= 11 is 1.45. The quantitative estimate of drug-likeness (QED) is 0.644. The van der Waals surface area contributed by atoms with Gasteiger partial charge in [-0.1, -0.05) is 72.0 Å². The molecule has 4 rings (SSSR count). The van der Waals surface area contributed by atoms with Gasteiger partial charge in [-0.25, -0.2) is 9.78 Å². The molecule has 0 bridgehead atoms. The number of rotatable bonds is 5. The highest BCUT2D eigenvalue weighted by atomic mass is 32.1. The minimum Gasteiger partial charge on any atom is -0.352 e. The summed E-state index contributed by atoms with van der Waals surface area (Å²) in [6.07, 6.45) is 3.11. The second-order valence-electron chi connectivity index (χ2n) is 7.29. The molecule has 1 aliphatic heterocycles. The predicted octanol–water partition coefficient (Wildman–Crippen LogP) is 4.37. The predicted molar refractivity (Wildman–Crippen MR) is 119 cm³/mol. The third kappa shape index (κ3) is 5.04. The molecule has 1 aromatic heterocycles. The Morgan fingerprint density at radius 2 is 1.67 bits per heavy atom. The van der Waals surface area contributed by atoms with Crippen LogP contribution in [0.5, 0.6) is 0 Å². The number of urea groups is 1. The molecule has 3 aromatic rings. The Labute approximate surface area is 180 Å². The SMILES string of the molecule is O=C(NCc1ccccc1)C1CCN(C(=O)Nc2ncc(-c3ccccc3)s2)CC1. The van der Waals surface area contributed by atoms with Gasteiger partial charge < -0.3 is 10.2 Å². The molecule has 0 atom stereocenters. The number of benzene rings is 2. The average molecular weight is 421 g/mol. The topological polar surface area (TPSA) is 74.3 Å². The van der Waals surface area contributed by atoms with E-state index in [-0.39, 0.29) is 17.9 Å². The molecule has 0 saturated carbocycles. The maximum absolute atomic E-state index is 12.6. The van der Waals surface area contributed by atoms with Gasteiger partial charge in [0, 0.05) is 31.7 Å². The smallest absolute Gasteiger partial charge is 0.323 e. The van der Waals surface area contributed by atoms with E-state index >= 15 is 0 Å². The summed E-state index contributed by atoms with van der Waals surface area (Å²) in [6, 6.07) is 19.7. The Kier molecular flexibility index (Phi) is 6.39. The van der Waals surface area contributed by atoms with Crippen molar-refractivity contribution in [1.82, 2.24) is 15.2 Å². The maximum Gasteiger partial charge on any atom is 0.323 e. The van der Waals surface area contributed by atoms with Gasteiger partial charge in [0.25, 0.3) is 0 Å². The number of carbonyl (C=O) groups excluding carboxylic acids is 2. The number of hydrogen-bond acceptors (Lipinski definition) is 4. The Balaban J connectivity index is 1.24. The number of aromatic nitrogens is 1. The van der Waals surface area contributed by atoms with Gasteiger partial charge in [-0.3, -0.25) is 10.1 Å². The van der Waals surface area contributed by atoms with E-state index in [1.807, 2.05) is 60.7 Å². The molecule has 2 aromatic carbocycles. The lowest BCUT2D eigenvalue weighted by Crippen LogP contribution is -2.44. The zero-order valence-electron chi connectivity index (χ0n) is 16.6. The average Bonchev–Trinajstić information content (AvgIpc) is 3.27. The molecule has 0 aliphatic carbocycles. The molecule has 1 saturated heterocycles. The van der Waals surface area contributed by atoms with Crippen LogP contribution in [0.1, 0.15) is 18.4 Å². The summed E-state index contributed by atoms with van der Waals surface area (Å²) in [5, 5.41) is 6.48. The first-order chi connectivity index (χ1) is 14.7. The molecule has 2 N–H and O–H groups in total. The van der Waals surface area contributed by atoms with Gasteiger partial charge in [0.1, 0.15) is 0 Å². The van der Waals surface area contributed by atoms with E-state index in [0.717, 1.165) is 16.0 Å². The van der Waals surface area contributed by atoms with Gasteiger partial charge in [0.15, 0.2) is 5.13 Å². The van der Waals surface area contributed by atoms with E-state index in [9.17, 15) is 9.59 Å². The normalized spacial score (nSPS) is 14.3. The largest absolute Gasteiger partial charge is 0.352 e. The van der Waals surface area contributed by atoms with Crippen LogP contribution in [-0.2, 0) is 11.3 Å². The van der Waals surface area contributed by atoms with Crippen LogP contribution < -0.4 is 10.6 Å². The fourth-order valence-corrected chi connectivity index (χ4v) is 4.32. The highest BCUT2D eigenvalue weighted by Gasteiger charge is 2.27.